The topological polar surface area (TPSA) is 61.2 Å². The van der Waals surface area contributed by atoms with Crippen LogP contribution < -0.4 is 5.56 Å². The lowest BCUT2D eigenvalue weighted by Gasteiger charge is -2.10. The summed E-state index contributed by atoms with van der Waals surface area (Å²) in [6.45, 7) is -1.85. The third-order valence-corrected chi connectivity index (χ3v) is 3.71. The molecule has 0 spiro atoms. The molecule has 0 aliphatic carbocycles. The van der Waals surface area contributed by atoms with E-state index in [9.17, 15) is 31.5 Å². The average Bonchev–Trinajstić information content (AvgIpc) is 2.67. The lowest BCUT2D eigenvalue weighted by atomic mass is 10.2. The minimum atomic E-state index is -2.31. The molecule has 3 aromatic rings. The van der Waals surface area contributed by atoms with Gasteiger partial charge in [-0.2, -0.15) is 0 Å². The molecule has 0 saturated heterocycles. The Morgan fingerprint density at radius 1 is 0.963 bits per heavy atom. The Morgan fingerprint density at radius 3 is 2.22 bits per heavy atom. The van der Waals surface area contributed by atoms with E-state index in [0.29, 0.717) is 5.52 Å². The number of halogens is 5. The highest BCUT2D eigenvalue weighted by molar-refractivity contribution is 5.77. The van der Waals surface area contributed by atoms with Crippen LogP contribution in [0.5, 0.6) is 0 Å². The van der Waals surface area contributed by atoms with E-state index in [1.807, 2.05) is 0 Å². The number of carbonyl (C=O) groups is 1. The van der Waals surface area contributed by atoms with Crippen molar-refractivity contribution in [1.29, 1.82) is 0 Å². The molecule has 0 radical (unpaired) electrons. The van der Waals surface area contributed by atoms with Crippen LogP contribution in [0.1, 0.15) is 5.56 Å². The molecular formula is C17H9F5N2O3. The molecule has 0 N–H and O–H groups in total. The molecule has 0 unspecified atom stereocenters. The van der Waals surface area contributed by atoms with Gasteiger partial charge in [-0.1, -0.05) is 12.1 Å². The second-order valence-corrected chi connectivity index (χ2v) is 5.40. The Bertz CT molecular complexity index is 1080. The van der Waals surface area contributed by atoms with Gasteiger partial charge in [0.05, 0.1) is 22.8 Å². The van der Waals surface area contributed by atoms with Crippen molar-refractivity contribution in [2.45, 2.75) is 13.2 Å². The van der Waals surface area contributed by atoms with Gasteiger partial charge in [0.15, 0.2) is 23.3 Å². The zero-order chi connectivity index (χ0) is 19.7. The fourth-order valence-electron chi connectivity index (χ4n) is 2.33. The largest absolute Gasteiger partial charge is 0.459 e. The Morgan fingerprint density at radius 2 is 1.56 bits per heavy atom. The lowest BCUT2D eigenvalue weighted by Crippen LogP contribution is -2.25. The maximum atomic E-state index is 13.5. The SMILES string of the molecule is O=C(Cn1cnc2ccccc2c1=O)OCc1c(F)c(F)c(F)c(F)c1F. The smallest absolute Gasteiger partial charge is 0.326 e. The number of carbonyl (C=O) groups excluding carboxylic acids is 1. The highest BCUT2D eigenvalue weighted by Crippen LogP contribution is 2.23. The van der Waals surface area contributed by atoms with Gasteiger partial charge < -0.3 is 4.74 Å². The van der Waals surface area contributed by atoms with Crippen LogP contribution in [0.15, 0.2) is 35.4 Å². The second-order valence-electron chi connectivity index (χ2n) is 5.40. The number of fused-ring (bicyclic) bond motifs is 1. The number of benzene rings is 2. The molecule has 0 aliphatic rings. The van der Waals surface area contributed by atoms with Gasteiger partial charge in [0.1, 0.15) is 13.2 Å². The first-order chi connectivity index (χ1) is 12.8. The molecule has 5 nitrogen and oxygen atoms in total. The first kappa shape index (κ1) is 18.5. The van der Waals surface area contributed by atoms with Gasteiger partial charge in [-0.25, -0.2) is 26.9 Å². The predicted molar refractivity (Wildman–Crippen MR) is 82.0 cm³/mol. The van der Waals surface area contributed by atoms with Crippen LogP contribution in [0.2, 0.25) is 0 Å². The Kier molecular flexibility index (Phi) is 4.89. The van der Waals surface area contributed by atoms with E-state index in [2.05, 4.69) is 9.72 Å². The molecule has 0 fully saturated rings. The molecule has 0 aliphatic heterocycles. The van der Waals surface area contributed by atoms with Crippen molar-refractivity contribution in [2.75, 3.05) is 0 Å². The van der Waals surface area contributed by atoms with Crippen molar-refractivity contribution >= 4 is 16.9 Å². The number of esters is 1. The van der Waals surface area contributed by atoms with E-state index in [-0.39, 0.29) is 5.39 Å². The molecule has 3 rings (SSSR count). The molecule has 10 heteroatoms. The van der Waals surface area contributed by atoms with Crippen LogP contribution in [-0.2, 0) is 22.7 Å². The summed E-state index contributed by atoms with van der Waals surface area (Å²) in [5, 5.41) is 0.229. The summed E-state index contributed by atoms with van der Waals surface area (Å²) in [6, 6.07) is 6.33. The zero-order valence-corrected chi connectivity index (χ0v) is 13.3. The van der Waals surface area contributed by atoms with Crippen molar-refractivity contribution in [3.8, 4) is 0 Å². The van der Waals surface area contributed by atoms with Crippen LogP contribution in [0, 0.1) is 29.1 Å². The van der Waals surface area contributed by atoms with Crippen LogP contribution in [0.25, 0.3) is 10.9 Å². The van der Waals surface area contributed by atoms with Gasteiger partial charge in [0.2, 0.25) is 5.82 Å². The van der Waals surface area contributed by atoms with Crippen molar-refractivity contribution in [3.05, 3.63) is 75.6 Å². The summed E-state index contributed by atoms with van der Waals surface area (Å²) >= 11 is 0. The molecule has 2 aromatic carbocycles. The zero-order valence-electron chi connectivity index (χ0n) is 13.3. The van der Waals surface area contributed by atoms with Crippen molar-refractivity contribution in [1.82, 2.24) is 9.55 Å². The second kappa shape index (κ2) is 7.14. The van der Waals surface area contributed by atoms with E-state index >= 15 is 0 Å². The maximum Gasteiger partial charge on any atom is 0.326 e. The molecule has 1 aromatic heterocycles. The third-order valence-electron chi connectivity index (χ3n) is 3.71. The van der Waals surface area contributed by atoms with Crippen molar-refractivity contribution in [3.63, 3.8) is 0 Å². The summed E-state index contributed by atoms with van der Waals surface area (Å²) < 4.78 is 71.7. The molecule has 27 heavy (non-hydrogen) atoms. The average molecular weight is 384 g/mol. The molecule has 0 bridgehead atoms. The minimum Gasteiger partial charge on any atom is -0.459 e. The molecular weight excluding hydrogens is 375 g/mol. The summed E-state index contributed by atoms with van der Waals surface area (Å²) in [7, 11) is 0. The molecule has 0 amide bonds. The molecule has 0 atom stereocenters. The van der Waals surface area contributed by atoms with Gasteiger partial charge in [0.25, 0.3) is 5.56 Å². The number of rotatable bonds is 4. The predicted octanol–water partition coefficient (Wildman–Crippen LogP) is 2.84. The van der Waals surface area contributed by atoms with E-state index in [1.165, 1.54) is 6.07 Å². The number of aromatic nitrogens is 2. The molecule has 1 heterocycles. The van der Waals surface area contributed by atoms with E-state index in [0.717, 1.165) is 10.9 Å². The van der Waals surface area contributed by atoms with Crippen LogP contribution >= 0.6 is 0 Å². The van der Waals surface area contributed by atoms with Gasteiger partial charge >= 0.3 is 5.97 Å². The summed E-state index contributed by atoms with van der Waals surface area (Å²) in [4.78, 5) is 28.0. The van der Waals surface area contributed by atoms with E-state index < -0.39 is 59.3 Å². The fraction of sp³-hybridized carbons (Fsp3) is 0.118. The number of ether oxygens (including phenoxy) is 1. The van der Waals surface area contributed by atoms with Crippen molar-refractivity contribution < 1.29 is 31.5 Å². The van der Waals surface area contributed by atoms with E-state index in [1.54, 1.807) is 18.2 Å². The van der Waals surface area contributed by atoms with Gasteiger partial charge in [0, 0.05) is 0 Å². The number of nitrogens with zero attached hydrogens (tertiary/aromatic N) is 2. The quantitative estimate of drug-likeness (QED) is 0.300. The summed E-state index contributed by atoms with van der Waals surface area (Å²) in [5.74, 6) is -11.9. The van der Waals surface area contributed by atoms with Crippen LogP contribution in [0.4, 0.5) is 22.0 Å². The lowest BCUT2D eigenvalue weighted by molar-refractivity contribution is -0.145. The monoisotopic (exact) mass is 384 g/mol. The third kappa shape index (κ3) is 3.37. The Balaban J connectivity index is 1.78. The van der Waals surface area contributed by atoms with Crippen LogP contribution in [-0.4, -0.2) is 15.5 Å². The van der Waals surface area contributed by atoms with Gasteiger partial charge in [-0.05, 0) is 12.1 Å². The molecule has 140 valence electrons. The first-order valence-electron chi connectivity index (χ1n) is 7.41. The first-order valence-corrected chi connectivity index (χ1v) is 7.41. The normalized spacial score (nSPS) is 11.0. The maximum absolute atomic E-state index is 13.5. The Hall–Kier alpha value is -3.30. The summed E-state index contributed by atoms with van der Waals surface area (Å²) in [6.07, 6.45) is 1.07. The molecule has 0 saturated carbocycles. The Labute approximate surface area is 147 Å². The number of hydrogen-bond donors (Lipinski definition) is 0. The van der Waals surface area contributed by atoms with Crippen LogP contribution in [0.3, 0.4) is 0 Å². The number of para-hydroxylation sites is 1. The van der Waals surface area contributed by atoms with Gasteiger partial charge in [-0.15, -0.1) is 0 Å². The van der Waals surface area contributed by atoms with Crippen molar-refractivity contribution in [2.24, 2.45) is 0 Å². The highest BCUT2D eigenvalue weighted by Gasteiger charge is 2.26. The highest BCUT2D eigenvalue weighted by atomic mass is 19.2. The van der Waals surface area contributed by atoms with Gasteiger partial charge in [-0.3, -0.25) is 14.2 Å². The summed E-state index contributed by atoms with van der Waals surface area (Å²) in [5.41, 5.74) is -1.45. The number of hydrogen-bond acceptors (Lipinski definition) is 4. The minimum absolute atomic E-state index is 0.229. The van der Waals surface area contributed by atoms with E-state index in [4.69, 9.17) is 0 Å². The standard InChI is InChI=1S/C17H9F5N2O3/c18-12-9(13(19)15(21)16(22)14(12)20)6-27-11(25)5-24-7-23-10-4-2-1-3-8(10)17(24)26/h1-4,7H,5-6H2. The fourth-order valence-corrected chi connectivity index (χ4v) is 2.33.